The second-order valence-electron chi connectivity index (χ2n) is 7.65. The summed E-state index contributed by atoms with van der Waals surface area (Å²) >= 11 is 6.00. The van der Waals surface area contributed by atoms with Gasteiger partial charge in [0, 0.05) is 52.2 Å². The summed E-state index contributed by atoms with van der Waals surface area (Å²) in [5.41, 5.74) is 10.6. The van der Waals surface area contributed by atoms with Crippen molar-refractivity contribution in [3.05, 3.63) is 108 Å². The number of aromatic amines is 1. The lowest BCUT2D eigenvalue weighted by Gasteiger charge is -2.27. The number of aromatic nitrogens is 3. The van der Waals surface area contributed by atoms with Crippen LogP contribution in [0.5, 0.6) is 0 Å². The van der Waals surface area contributed by atoms with Gasteiger partial charge in [0.2, 0.25) is 0 Å². The maximum Gasteiger partial charge on any atom is 0.138 e. The van der Waals surface area contributed by atoms with Crippen LogP contribution in [-0.4, -0.2) is 26.6 Å². The zero-order valence-corrected chi connectivity index (χ0v) is 17.9. The molecule has 0 fully saturated rings. The minimum Gasteiger partial charge on any atom is -0.379 e. The van der Waals surface area contributed by atoms with Crippen LogP contribution in [0.15, 0.2) is 91.4 Å². The van der Waals surface area contributed by atoms with Crippen molar-refractivity contribution in [2.45, 2.75) is 5.60 Å². The molecule has 3 aromatic heterocycles. The van der Waals surface area contributed by atoms with Crippen LogP contribution in [0.2, 0.25) is 5.02 Å². The van der Waals surface area contributed by atoms with Crippen molar-refractivity contribution < 1.29 is 5.11 Å². The van der Waals surface area contributed by atoms with Crippen molar-refractivity contribution in [1.82, 2.24) is 15.0 Å². The van der Waals surface area contributed by atoms with E-state index in [1.54, 1.807) is 36.7 Å². The molecule has 6 heteroatoms. The Balaban J connectivity index is 1.59. The summed E-state index contributed by atoms with van der Waals surface area (Å²) in [6, 6.07) is 22.9. The average Bonchev–Trinajstić information content (AvgIpc) is 3.29. The van der Waals surface area contributed by atoms with Gasteiger partial charge in [-0.25, -0.2) is 4.98 Å². The fraction of sp³-hybridized carbons (Fsp3) is 0.0769. The van der Waals surface area contributed by atoms with E-state index in [4.69, 9.17) is 17.3 Å². The number of hydrogen-bond acceptors (Lipinski definition) is 4. The SMILES string of the molecule is NCC(O)(c1ccc(Cl)cc1)c1ccc(-c2ccnc3[nH]cc(-c4ccccc4)c23)nc1. The number of H-pyrrole nitrogens is 1. The standard InChI is InChI=1S/C26H21ClN4O/c27-20-9-6-18(7-10-20)26(32,16-28)19-8-11-23(30-14-19)21-12-13-29-25-24(21)22(15-31-25)17-4-2-1-3-5-17/h1-15,32H,16,28H2,(H,29,31). The summed E-state index contributed by atoms with van der Waals surface area (Å²) in [5, 5.41) is 12.9. The van der Waals surface area contributed by atoms with E-state index in [2.05, 4.69) is 27.1 Å². The number of fused-ring (bicyclic) bond motifs is 1. The van der Waals surface area contributed by atoms with Crippen LogP contribution in [0.3, 0.4) is 0 Å². The Bertz CT molecular complexity index is 1370. The quantitative estimate of drug-likeness (QED) is 0.353. The van der Waals surface area contributed by atoms with E-state index in [0.29, 0.717) is 16.1 Å². The van der Waals surface area contributed by atoms with Gasteiger partial charge >= 0.3 is 0 Å². The van der Waals surface area contributed by atoms with Crippen LogP contribution >= 0.6 is 11.6 Å². The minimum absolute atomic E-state index is 0.0190. The fourth-order valence-corrected chi connectivity index (χ4v) is 4.17. The monoisotopic (exact) mass is 440 g/mol. The third kappa shape index (κ3) is 3.46. The molecule has 0 amide bonds. The first-order chi connectivity index (χ1) is 15.6. The summed E-state index contributed by atoms with van der Waals surface area (Å²) in [4.78, 5) is 12.4. The molecule has 0 aliphatic rings. The van der Waals surface area contributed by atoms with E-state index >= 15 is 0 Å². The molecule has 1 atom stereocenters. The van der Waals surface area contributed by atoms with Crippen molar-refractivity contribution >= 4 is 22.6 Å². The number of rotatable bonds is 5. The van der Waals surface area contributed by atoms with E-state index in [-0.39, 0.29) is 6.54 Å². The molecule has 5 nitrogen and oxygen atoms in total. The first-order valence-electron chi connectivity index (χ1n) is 10.3. The highest BCUT2D eigenvalue weighted by Gasteiger charge is 2.30. The van der Waals surface area contributed by atoms with E-state index in [9.17, 15) is 5.11 Å². The molecular formula is C26H21ClN4O. The Morgan fingerprint density at radius 2 is 1.62 bits per heavy atom. The van der Waals surface area contributed by atoms with Crippen molar-refractivity contribution in [1.29, 1.82) is 0 Å². The van der Waals surface area contributed by atoms with Gasteiger partial charge in [-0.2, -0.15) is 0 Å². The molecule has 158 valence electrons. The lowest BCUT2D eigenvalue weighted by molar-refractivity contribution is 0.0899. The first kappa shape index (κ1) is 20.4. The molecule has 32 heavy (non-hydrogen) atoms. The van der Waals surface area contributed by atoms with Gasteiger partial charge in [0.25, 0.3) is 0 Å². The van der Waals surface area contributed by atoms with Gasteiger partial charge in [-0.05, 0) is 35.4 Å². The van der Waals surface area contributed by atoms with Gasteiger partial charge in [0.15, 0.2) is 0 Å². The Kier molecular flexibility index (Phi) is 5.23. The number of nitrogens with two attached hydrogens (primary N) is 1. The van der Waals surface area contributed by atoms with Gasteiger partial charge in [0.05, 0.1) is 5.69 Å². The number of benzene rings is 2. The molecule has 4 N–H and O–H groups in total. The lowest BCUT2D eigenvalue weighted by atomic mass is 9.87. The van der Waals surface area contributed by atoms with Gasteiger partial charge < -0.3 is 15.8 Å². The summed E-state index contributed by atoms with van der Waals surface area (Å²) in [7, 11) is 0. The normalized spacial score (nSPS) is 13.2. The molecule has 2 aromatic carbocycles. The van der Waals surface area contributed by atoms with E-state index in [0.717, 1.165) is 33.4 Å². The molecule has 5 rings (SSSR count). The number of nitrogens with one attached hydrogen (secondary N) is 1. The summed E-state index contributed by atoms with van der Waals surface area (Å²) in [6.45, 7) is 0.0190. The van der Waals surface area contributed by atoms with Crippen LogP contribution in [0.1, 0.15) is 11.1 Å². The highest BCUT2D eigenvalue weighted by molar-refractivity contribution is 6.30. The molecular weight excluding hydrogens is 420 g/mol. The Hall–Kier alpha value is -3.51. The average molecular weight is 441 g/mol. The van der Waals surface area contributed by atoms with Crippen LogP contribution in [-0.2, 0) is 5.60 Å². The molecule has 5 aromatic rings. The summed E-state index contributed by atoms with van der Waals surface area (Å²) < 4.78 is 0. The van der Waals surface area contributed by atoms with Gasteiger partial charge in [-0.1, -0.05) is 60.1 Å². The second-order valence-corrected chi connectivity index (χ2v) is 8.09. The van der Waals surface area contributed by atoms with Gasteiger partial charge in [-0.15, -0.1) is 0 Å². The van der Waals surface area contributed by atoms with Crippen LogP contribution in [0.4, 0.5) is 0 Å². The zero-order valence-electron chi connectivity index (χ0n) is 17.2. The Morgan fingerprint density at radius 1 is 0.875 bits per heavy atom. The third-order valence-electron chi connectivity index (χ3n) is 5.79. The maximum absolute atomic E-state index is 11.3. The van der Waals surface area contributed by atoms with Crippen molar-refractivity contribution in [2.75, 3.05) is 6.54 Å². The Morgan fingerprint density at radius 3 is 2.31 bits per heavy atom. The molecule has 1 unspecified atom stereocenters. The van der Waals surface area contributed by atoms with E-state index in [1.165, 1.54) is 0 Å². The van der Waals surface area contributed by atoms with E-state index < -0.39 is 5.60 Å². The smallest absolute Gasteiger partial charge is 0.138 e. The lowest BCUT2D eigenvalue weighted by Crippen LogP contribution is -2.36. The predicted molar refractivity (Wildman–Crippen MR) is 128 cm³/mol. The van der Waals surface area contributed by atoms with Crippen LogP contribution < -0.4 is 5.73 Å². The number of nitrogens with zero attached hydrogens (tertiary/aromatic N) is 2. The number of halogens is 1. The topological polar surface area (TPSA) is 87.8 Å². The maximum atomic E-state index is 11.3. The van der Waals surface area contributed by atoms with Crippen molar-refractivity contribution in [3.8, 4) is 22.4 Å². The van der Waals surface area contributed by atoms with Gasteiger partial charge in [-0.3, -0.25) is 4.98 Å². The van der Waals surface area contributed by atoms with Crippen LogP contribution in [0.25, 0.3) is 33.4 Å². The first-order valence-corrected chi connectivity index (χ1v) is 10.6. The van der Waals surface area contributed by atoms with Crippen molar-refractivity contribution in [2.24, 2.45) is 5.73 Å². The molecule has 0 aliphatic carbocycles. The molecule has 0 bridgehead atoms. The zero-order chi connectivity index (χ0) is 22.1. The number of aliphatic hydroxyl groups is 1. The number of pyridine rings is 2. The second kappa shape index (κ2) is 8.20. The fourth-order valence-electron chi connectivity index (χ4n) is 4.04. The highest BCUT2D eigenvalue weighted by atomic mass is 35.5. The number of hydrogen-bond donors (Lipinski definition) is 3. The molecule has 3 heterocycles. The minimum atomic E-state index is -1.35. The predicted octanol–water partition coefficient (Wildman–Crippen LogP) is 5.14. The van der Waals surface area contributed by atoms with Crippen LogP contribution in [0, 0.1) is 0 Å². The summed E-state index contributed by atoms with van der Waals surface area (Å²) in [6.07, 6.45) is 5.42. The molecule has 0 saturated carbocycles. The molecule has 0 radical (unpaired) electrons. The highest BCUT2D eigenvalue weighted by Crippen LogP contribution is 2.36. The van der Waals surface area contributed by atoms with Gasteiger partial charge in [0.1, 0.15) is 11.2 Å². The molecule has 0 saturated heterocycles. The molecule has 0 aliphatic heterocycles. The summed E-state index contributed by atoms with van der Waals surface area (Å²) in [5.74, 6) is 0. The van der Waals surface area contributed by atoms with E-state index in [1.807, 2.05) is 42.6 Å². The molecule has 0 spiro atoms. The van der Waals surface area contributed by atoms with Crippen molar-refractivity contribution in [3.63, 3.8) is 0 Å². The Labute approximate surface area is 190 Å². The third-order valence-corrected chi connectivity index (χ3v) is 6.04. The largest absolute Gasteiger partial charge is 0.379 e.